The van der Waals surface area contributed by atoms with Crippen LogP contribution in [0.25, 0.3) is 22.2 Å². The van der Waals surface area contributed by atoms with E-state index in [-0.39, 0.29) is 5.91 Å². The van der Waals surface area contributed by atoms with E-state index in [1.54, 1.807) is 6.07 Å². The molecule has 0 amide bonds. The molecule has 5 heteroatoms. The summed E-state index contributed by atoms with van der Waals surface area (Å²) in [5, 5.41) is 8.22. The number of hydrogen-bond acceptors (Lipinski definition) is 4. The van der Waals surface area contributed by atoms with E-state index < -0.39 is 0 Å². The lowest BCUT2D eigenvalue weighted by Gasteiger charge is -2.16. The van der Waals surface area contributed by atoms with E-state index in [4.69, 9.17) is 4.74 Å². The molecular weight excluding hydrogens is 386 g/mol. The molecule has 0 N–H and O–H groups in total. The molecule has 0 atom stereocenters. The van der Waals surface area contributed by atoms with Gasteiger partial charge < -0.3 is 4.74 Å². The van der Waals surface area contributed by atoms with Crippen LogP contribution in [0, 0.1) is 0 Å². The molecule has 0 aliphatic carbocycles. The Balaban J connectivity index is 1.61. The molecule has 0 radical (unpaired) electrons. The van der Waals surface area contributed by atoms with Crippen molar-refractivity contribution in [3.63, 3.8) is 0 Å². The van der Waals surface area contributed by atoms with Crippen LogP contribution >= 0.6 is 0 Å². The third-order valence-electron chi connectivity index (χ3n) is 5.10. The van der Waals surface area contributed by atoms with E-state index in [1.165, 1.54) is 4.68 Å². The van der Waals surface area contributed by atoms with Gasteiger partial charge in [-0.3, -0.25) is 4.79 Å². The zero-order valence-corrected chi connectivity index (χ0v) is 16.7. The maximum absolute atomic E-state index is 13.5. The average molecular weight is 405 g/mol. The number of para-hydroxylation sites is 2. The Kier molecular flexibility index (Phi) is 4.99. The van der Waals surface area contributed by atoms with Gasteiger partial charge in [-0.15, -0.1) is 5.10 Å². The molecule has 5 rings (SSSR count). The predicted octanol–water partition coefficient (Wildman–Crippen LogP) is 5.37. The Morgan fingerprint density at radius 2 is 1.48 bits per heavy atom. The van der Waals surface area contributed by atoms with Crippen molar-refractivity contribution < 1.29 is 9.53 Å². The molecule has 5 nitrogen and oxygen atoms in total. The molecule has 0 fully saturated rings. The largest absolute Gasteiger partial charge is 0.487 e. The van der Waals surface area contributed by atoms with Crippen molar-refractivity contribution in [2.75, 3.05) is 0 Å². The Labute approximate surface area is 179 Å². The molecule has 1 heterocycles. The average Bonchev–Trinajstić information content (AvgIpc) is 3.27. The van der Waals surface area contributed by atoms with Crippen LogP contribution in [0.3, 0.4) is 0 Å². The summed E-state index contributed by atoms with van der Waals surface area (Å²) in [7, 11) is 0. The third-order valence-corrected chi connectivity index (χ3v) is 5.10. The van der Waals surface area contributed by atoms with Crippen LogP contribution < -0.4 is 4.74 Å². The number of nitrogens with zero attached hydrogens (tertiary/aromatic N) is 3. The maximum Gasteiger partial charge on any atom is 0.283 e. The third kappa shape index (κ3) is 3.69. The van der Waals surface area contributed by atoms with Crippen LogP contribution in [-0.4, -0.2) is 20.9 Å². The summed E-state index contributed by atoms with van der Waals surface area (Å²) in [5.41, 5.74) is 4.62. The molecule has 31 heavy (non-hydrogen) atoms. The first kappa shape index (κ1) is 18.8. The fraction of sp³-hybridized carbons (Fsp3) is 0.0385. The van der Waals surface area contributed by atoms with Gasteiger partial charge in [0.25, 0.3) is 5.91 Å². The molecule has 0 saturated heterocycles. The minimum atomic E-state index is -0.283. The summed E-state index contributed by atoms with van der Waals surface area (Å²) < 4.78 is 7.59. The Morgan fingerprint density at radius 3 is 2.29 bits per heavy atom. The van der Waals surface area contributed by atoms with Gasteiger partial charge in [-0.2, -0.15) is 4.68 Å². The fourth-order valence-electron chi connectivity index (χ4n) is 3.57. The molecule has 0 aliphatic rings. The van der Waals surface area contributed by atoms with Crippen molar-refractivity contribution >= 4 is 16.9 Å². The summed E-state index contributed by atoms with van der Waals surface area (Å²) in [4.78, 5) is 13.5. The second-order valence-corrected chi connectivity index (χ2v) is 7.12. The zero-order chi connectivity index (χ0) is 21.0. The number of hydrogen-bond donors (Lipinski definition) is 0. The lowest BCUT2D eigenvalue weighted by molar-refractivity contribution is 0.0943. The summed E-state index contributed by atoms with van der Waals surface area (Å²) in [5.74, 6) is 0.247. The fourth-order valence-corrected chi connectivity index (χ4v) is 3.57. The Bertz CT molecular complexity index is 1350. The Hall–Kier alpha value is -4.25. The van der Waals surface area contributed by atoms with Crippen LogP contribution in [0.5, 0.6) is 5.75 Å². The molecule has 5 aromatic rings. The van der Waals surface area contributed by atoms with Crippen molar-refractivity contribution in [1.82, 2.24) is 15.0 Å². The number of benzene rings is 4. The van der Waals surface area contributed by atoms with Gasteiger partial charge >= 0.3 is 0 Å². The number of carbonyl (C=O) groups excluding carboxylic acids is 1. The molecule has 1 aromatic heterocycles. The number of rotatable bonds is 5. The highest BCUT2D eigenvalue weighted by atomic mass is 16.5. The zero-order valence-electron chi connectivity index (χ0n) is 16.7. The molecule has 0 bridgehead atoms. The molecule has 4 aromatic carbocycles. The van der Waals surface area contributed by atoms with Gasteiger partial charge in [0.15, 0.2) is 0 Å². The first-order valence-corrected chi connectivity index (χ1v) is 10.0. The molecule has 0 saturated carbocycles. The lowest BCUT2D eigenvalue weighted by atomic mass is 10.0. The topological polar surface area (TPSA) is 57.0 Å². The van der Waals surface area contributed by atoms with Crippen molar-refractivity contribution in [1.29, 1.82) is 0 Å². The van der Waals surface area contributed by atoms with Crippen LogP contribution in [0.15, 0.2) is 103 Å². The molecule has 0 spiro atoms. The van der Waals surface area contributed by atoms with Crippen LogP contribution in [0.4, 0.5) is 0 Å². The van der Waals surface area contributed by atoms with E-state index in [1.807, 2.05) is 97.1 Å². The number of aromatic nitrogens is 3. The lowest BCUT2D eigenvalue weighted by Crippen LogP contribution is -2.15. The first-order valence-electron chi connectivity index (χ1n) is 10.0. The van der Waals surface area contributed by atoms with Gasteiger partial charge in [-0.25, -0.2) is 0 Å². The number of fused-ring (bicyclic) bond motifs is 1. The van der Waals surface area contributed by atoms with E-state index in [0.29, 0.717) is 29.0 Å². The SMILES string of the molecule is O=C(c1cccc(-c2ccccc2)c1OCc1ccccc1)n1nnc2ccccc21. The van der Waals surface area contributed by atoms with Gasteiger partial charge in [0.05, 0.1) is 11.1 Å². The smallest absolute Gasteiger partial charge is 0.283 e. The quantitative estimate of drug-likeness (QED) is 0.395. The maximum atomic E-state index is 13.5. The predicted molar refractivity (Wildman–Crippen MR) is 120 cm³/mol. The normalized spacial score (nSPS) is 10.8. The molecular formula is C26H19N3O2. The standard InChI is InChI=1S/C26H19N3O2/c30-26(29-24-17-8-7-16-23(24)27-28-29)22-15-9-14-21(20-12-5-2-6-13-20)25(22)31-18-19-10-3-1-4-11-19/h1-17H,18H2. The van der Waals surface area contributed by atoms with E-state index >= 15 is 0 Å². The molecule has 0 unspecified atom stereocenters. The van der Waals surface area contributed by atoms with Gasteiger partial charge in [-0.1, -0.05) is 90.1 Å². The Morgan fingerprint density at radius 1 is 0.774 bits per heavy atom. The summed E-state index contributed by atoms with van der Waals surface area (Å²) in [6.07, 6.45) is 0. The minimum Gasteiger partial charge on any atom is -0.487 e. The highest BCUT2D eigenvalue weighted by molar-refractivity contribution is 6.03. The van der Waals surface area contributed by atoms with Crippen LogP contribution in [-0.2, 0) is 6.61 Å². The van der Waals surface area contributed by atoms with Gasteiger partial charge in [0.1, 0.15) is 17.9 Å². The van der Waals surface area contributed by atoms with E-state index in [9.17, 15) is 4.79 Å². The van der Waals surface area contributed by atoms with Gasteiger partial charge in [0.2, 0.25) is 0 Å². The van der Waals surface area contributed by atoms with Crippen LogP contribution in [0.1, 0.15) is 15.9 Å². The number of carbonyl (C=O) groups is 1. The highest BCUT2D eigenvalue weighted by Crippen LogP contribution is 2.34. The summed E-state index contributed by atoms with van der Waals surface area (Å²) in [6, 6.07) is 32.8. The van der Waals surface area contributed by atoms with Crippen molar-refractivity contribution in [3.05, 3.63) is 114 Å². The van der Waals surface area contributed by atoms with Crippen LogP contribution in [0.2, 0.25) is 0 Å². The van der Waals surface area contributed by atoms with Crippen molar-refractivity contribution in [3.8, 4) is 16.9 Å². The molecule has 0 aliphatic heterocycles. The van der Waals surface area contributed by atoms with Gasteiger partial charge in [-0.05, 0) is 29.3 Å². The monoisotopic (exact) mass is 405 g/mol. The van der Waals surface area contributed by atoms with E-state index in [0.717, 1.165) is 16.7 Å². The first-order chi connectivity index (χ1) is 15.3. The summed E-state index contributed by atoms with van der Waals surface area (Å²) in [6.45, 7) is 0.350. The second-order valence-electron chi connectivity index (χ2n) is 7.12. The van der Waals surface area contributed by atoms with Crippen molar-refractivity contribution in [2.24, 2.45) is 0 Å². The van der Waals surface area contributed by atoms with Crippen molar-refractivity contribution in [2.45, 2.75) is 6.61 Å². The van der Waals surface area contributed by atoms with Gasteiger partial charge in [0, 0.05) is 5.56 Å². The second kappa shape index (κ2) is 8.24. The minimum absolute atomic E-state index is 0.283. The molecule has 150 valence electrons. The number of ether oxygens (including phenoxy) is 1. The highest BCUT2D eigenvalue weighted by Gasteiger charge is 2.21. The van der Waals surface area contributed by atoms with E-state index in [2.05, 4.69) is 10.3 Å². The summed E-state index contributed by atoms with van der Waals surface area (Å²) >= 11 is 0.